The highest BCUT2D eigenvalue weighted by atomic mass is 19.1. The molecule has 0 spiro atoms. The first-order valence-electron chi connectivity index (χ1n) is 7.82. The van der Waals surface area contributed by atoms with E-state index in [1.54, 1.807) is 30.0 Å². The van der Waals surface area contributed by atoms with Gasteiger partial charge in [-0.05, 0) is 49.4 Å². The standard InChI is InChI=1S/C18H14FN5O2/c1-11-16(21-23-24(11)14-8-6-13(19)7-9-14)17-20-18(26-22-17)12-4-3-5-15(10-12)25-2/h3-10H,1-2H3. The number of halogens is 1. The molecule has 0 atom stereocenters. The van der Waals surface area contributed by atoms with Gasteiger partial charge in [0.05, 0.1) is 18.5 Å². The summed E-state index contributed by atoms with van der Waals surface area (Å²) in [6.07, 6.45) is 0. The molecule has 0 bridgehead atoms. The van der Waals surface area contributed by atoms with Crippen LogP contribution in [0.1, 0.15) is 5.69 Å². The quantitative estimate of drug-likeness (QED) is 0.560. The van der Waals surface area contributed by atoms with Crippen molar-refractivity contribution in [2.45, 2.75) is 6.92 Å². The Kier molecular flexibility index (Phi) is 3.92. The van der Waals surface area contributed by atoms with Crippen molar-refractivity contribution >= 4 is 0 Å². The Labute approximate surface area is 148 Å². The van der Waals surface area contributed by atoms with E-state index in [2.05, 4.69) is 20.5 Å². The van der Waals surface area contributed by atoms with Gasteiger partial charge in [-0.3, -0.25) is 0 Å². The van der Waals surface area contributed by atoms with Gasteiger partial charge in [-0.25, -0.2) is 9.07 Å². The monoisotopic (exact) mass is 351 g/mol. The predicted octanol–water partition coefficient (Wildman–Crippen LogP) is 3.44. The molecule has 0 fully saturated rings. The van der Waals surface area contributed by atoms with Gasteiger partial charge < -0.3 is 9.26 Å². The molecule has 0 radical (unpaired) electrons. The van der Waals surface area contributed by atoms with Crippen LogP contribution in [0.5, 0.6) is 5.75 Å². The highest BCUT2D eigenvalue weighted by molar-refractivity contribution is 5.60. The van der Waals surface area contributed by atoms with Crippen LogP contribution < -0.4 is 4.74 Å². The molecule has 0 aliphatic heterocycles. The number of aromatic nitrogens is 5. The lowest BCUT2D eigenvalue weighted by atomic mass is 10.2. The van der Waals surface area contributed by atoms with E-state index in [0.717, 1.165) is 11.3 Å². The molecule has 130 valence electrons. The first-order chi connectivity index (χ1) is 12.7. The van der Waals surface area contributed by atoms with Crippen molar-refractivity contribution in [3.8, 4) is 34.4 Å². The molecule has 0 aliphatic carbocycles. The lowest BCUT2D eigenvalue weighted by Gasteiger charge is -2.02. The third-order valence-electron chi connectivity index (χ3n) is 3.92. The summed E-state index contributed by atoms with van der Waals surface area (Å²) in [6, 6.07) is 13.3. The third kappa shape index (κ3) is 2.81. The Morgan fingerprint density at radius 2 is 1.92 bits per heavy atom. The van der Waals surface area contributed by atoms with Gasteiger partial charge in [-0.2, -0.15) is 4.98 Å². The molecular weight excluding hydrogens is 337 g/mol. The molecule has 4 rings (SSSR count). The van der Waals surface area contributed by atoms with E-state index in [1.807, 2.05) is 25.1 Å². The second kappa shape index (κ2) is 6.40. The van der Waals surface area contributed by atoms with E-state index in [1.165, 1.54) is 12.1 Å². The topological polar surface area (TPSA) is 78.9 Å². The smallest absolute Gasteiger partial charge is 0.258 e. The molecule has 8 heteroatoms. The molecular formula is C18H14FN5O2. The van der Waals surface area contributed by atoms with Crippen LogP contribution in [-0.2, 0) is 0 Å². The van der Waals surface area contributed by atoms with Gasteiger partial charge in [0.2, 0.25) is 5.82 Å². The fraction of sp³-hybridized carbons (Fsp3) is 0.111. The SMILES string of the molecule is COc1cccc(-c2nc(-c3nnn(-c4ccc(F)cc4)c3C)no2)c1. The summed E-state index contributed by atoms with van der Waals surface area (Å²) >= 11 is 0. The predicted molar refractivity (Wildman–Crippen MR) is 91.3 cm³/mol. The normalized spacial score (nSPS) is 10.9. The van der Waals surface area contributed by atoms with Gasteiger partial charge in [-0.15, -0.1) is 5.10 Å². The minimum absolute atomic E-state index is 0.312. The lowest BCUT2D eigenvalue weighted by Crippen LogP contribution is -1.99. The van der Waals surface area contributed by atoms with Crippen LogP contribution in [0.3, 0.4) is 0 Å². The van der Waals surface area contributed by atoms with Gasteiger partial charge in [0.15, 0.2) is 5.69 Å². The number of methoxy groups -OCH3 is 1. The van der Waals surface area contributed by atoms with E-state index < -0.39 is 0 Å². The van der Waals surface area contributed by atoms with Gasteiger partial charge in [0.25, 0.3) is 5.89 Å². The lowest BCUT2D eigenvalue weighted by molar-refractivity contribution is 0.413. The second-order valence-electron chi connectivity index (χ2n) is 5.57. The maximum atomic E-state index is 13.1. The average Bonchev–Trinajstić information content (AvgIpc) is 3.29. The highest BCUT2D eigenvalue weighted by Gasteiger charge is 2.18. The molecule has 0 saturated heterocycles. The van der Waals surface area contributed by atoms with Crippen molar-refractivity contribution in [2.24, 2.45) is 0 Å². The molecule has 0 amide bonds. The van der Waals surface area contributed by atoms with E-state index in [0.29, 0.717) is 28.8 Å². The third-order valence-corrected chi connectivity index (χ3v) is 3.92. The summed E-state index contributed by atoms with van der Waals surface area (Å²) in [5.74, 6) is 1.07. The van der Waals surface area contributed by atoms with Crippen molar-refractivity contribution < 1.29 is 13.7 Å². The van der Waals surface area contributed by atoms with Crippen LogP contribution >= 0.6 is 0 Å². The number of nitrogens with zero attached hydrogens (tertiary/aromatic N) is 5. The molecule has 2 aromatic carbocycles. The van der Waals surface area contributed by atoms with Crippen molar-refractivity contribution in [3.63, 3.8) is 0 Å². The largest absolute Gasteiger partial charge is 0.497 e. The van der Waals surface area contributed by atoms with Crippen LogP contribution in [0, 0.1) is 12.7 Å². The van der Waals surface area contributed by atoms with Crippen molar-refractivity contribution in [1.29, 1.82) is 0 Å². The zero-order valence-corrected chi connectivity index (χ0v) is 14.0. The molecule has 0 aliphatic rings. The molecule has 0 saturated carbocycles. The molecule has 0 unspecified atom stereocenters. The van der Waals surface area contributed by atoms with Crippen molar-refractivity contribution in [3.05, 3.63) is 60.0 Å². The van der Waals surface area contributed by atoms with Crippen LogP contribution in [0.2, 0.25) is 0 Å². The summed E-state index contributed by atoms with van der Waals surface area (Å²) in [7, 11) is 1.59. The van der Waals surface area contributed by atoms with Gasteiger partial charge in [0.1, 0.15) is 11.6 Å². The minimum Gasteiger partial charge on any atom is -0.497 e. The Morgan fingerprint density at radius 1 is 1.12 bits per heavy atom. The summed E-state index contributed by atoms with van der Waals surface area (Å²) in [5.41, 5.74) is 2.65. The molecule has 26 heavy (non-hydrogen) atoms. The summed E-state index contributed by atoms with van der Waals surface area (Å²) < 4.78 is 25.3. The Bertz CT molecular complexity index is 1060. The van der Waals surface area contributed by atoms with E-state index in [-0.39, 0.29) is 5.82 Å². The number of hydrogen-bond acceptors (Lipinski definition) is 6. The van der Waals surface area contributed by atoms with Crippen LogP contribution in [0.4, 0.5) is 4.39 Å². The summed E-state index contributed by atoms with van der Waals surface area (Å²) in [6.45, 7) is 1.83. The second-order valence-corrected chi connectivity index (χ2v) is 5.57. The van der Waals surface area contributed by atoms with Gasteiger partial charge in [0, 0.05) is 5.56 Å². The molecule has 7 nitrogen and oxygen atoms in total. The molecule has 2 heterocycles. The van der Waals surface area contributed by atoms with Crippen molar-refractivity contribution in [1.82, 2.24) is 25.1 Å². The number of benzene rings is 2. The Morgan fingerprint density at radius 3 is 2.69 bits per heavy atom. The number of hydrogen-bond donors (Lipinski definition) is 0. The molecule has 4 aromatic rings. The van der Waals surface area contributed by atoms with Crippen LogP contribution in [0.15, 0.2) is 53.1 Å². The first kappa shape index (κ1) is 15.9. The summed E-state index contributed by atoms with van der Waals surface area (Å²) in [4.78, 5) is 4.40. The number of rotatable bonds is 4. The minimum atomic E-state index is -0.312. The maximum Gasteiger partial charge on any atom is 0.258 e. The van der Waals surface area contributed by atoms with E-state index in [4.69, 9.17) is 9.26 Å². The van der Waals surface area contributed by atoms with Crippen LogP contribution in [-0.4, -0.2) is 32.2 Å². The van der Waals surface area contributed by atoms with Crippen molar-refractivity contribution in [2.75, 3.05) is 7.11 Å². The zero-order valence-electron chi connectivity index (χ0n) is 14.0. The molecule has 0 N–H and O–H groups in total. The zero-order chi connectivity index (χ0) is 18.1. The first-order valence-corrected chi connectivity index (χ1v) is 7.82. The van der Waals surface area contributed by atoms with E-state index in [9.17, 15) is 4.39 Å². The van der Waals surface area contributed by atoms with Gasteiger partial charge >= 0.3 is 0 Å². The fourth-order valence-electron chi connectivity index (χ4n) is 2.56. The summed E-state index contributed by atoms with van der Waals surface area (Å²) in [5, 5.41) is 12.2. The maximum absolute atomic E-state index is 13.1. The van der Waals surface area contributed by atoms with Gasteiger partial charge in [-0.1, -0.05) is 16.4 Å². The highest BCUT2D eigenvalue weighted by Crippen LogP contribution is 2.26. The fourth-order valence-corrected chi connectivity index (χ4v) is 2.56. The number of ether oxygens (including phenoxy) is 1. The average molecular weight is 351 g/mol. The Balaban J connectivity index is 1.69. The Hall–Kier alpha value is -3.55. The molecule has 2 aromatic heterocycles. The van der Waals surface area contributed by atoms with Crippen LogP contribution in [0.25, 0.3) is 28.7 Å². The van der Waals surface area contributed by atoms with E-state index >= 15 is 0 Å².